The minimum absolute atomic E-state index is 0.142. The number of hydrogen-bond acceptors (Lipinski definition) is 5. The van der Waals surface area contributed by atoms with Crippen molar-refractivity contribution >= 4 is 21.9 Å². The van der Waals surface area contributed by atoms with E-state index in [1.165, 1.54) is 16.4 Å². The predicted octanol–water partition coefficient (Wildman–Crippen LogP) is 2.32. The molecule has 160 valence electrons. The molecular weight excluding hydrogens is 404 g/mol. The zero-order valence-electron chi connectivity index (χ0n) is 17.1. The summed E-state index contributed by atoms with van der Waals surface area (Å²) in [6.45, 7) is 3.96. The van der Waals surface area contributed by atoms with Gasteiger partial charge in [0.2, 0.25) is 10.0 Å². The van der Waals surface area contributed by atoms with Gasteiger partial charge in [0, 0.05) is 13.1 Å². The van der Waals surface area contributed by atoms with Crippen molar-refractivity contribution in [2.75, 3.05) is 13.2 Å². The van der Waals surface area contributed by atoms with E-state index >= 15 is 0 Å². The van der Waals surface area contributed by atoms with Gasteiger partial charge < -0.3 is 10.1 Å². The molecule has 1 aliphatic heterocycles. The molecule has 30 heavy (non-hydrogen) atoms. The van der Waals surface area contributed by atoms with Gasteiger partial charge in [-0.05, 0) is 49.9 Å². The van der Waals surface area contributed by atoms with Gasteiger partial charge in [0.25, 0.3) is 5.91 Å². The highest BCUT2D eigenvalue weighted by Crippen LogP contribution is 2.27. The zero-order valence-corrected chi connectivity index (χ0v) is 17.9. The maximum Gasteiger partial charge on any atom is 0.324 e. The molecule has 0 aliphatic carbocycles. The van der Waals surface area contributed by atoms with Crippen LogP contribution in [0.2, 0.25) is 0 Å². The number of amides is 1. The summed E-state index contributed by atoms with van der Waals surface area (Å²) in [5.74, 6) is -1.13. The van der Waals surface area contributed by atoms with E-state index in [1.807, 2.05) is 38.1 Å². The number of ether oxygens (including phenoxy) is 1. The Morgan fingerprint density at radius 3 is 2.50 bits per heavy atom. The number of benzene rings is 2. The molecule has 2 aromatic rings. The van der Waals surface area contributed by atoms with E-state index in [0.29, 0.717) is 19.4 Å². The second-order valence-electron chi connectivity index (χ2n) is 7.40. The monoisotopic (exact) mass is 430 g/mol. The van der Waals surface area contributed by atoms with Gasteiger partial charge in [-0.2, -0.15) is 4.31 Å². The quantitative estimate of drug-likeness (QED) is 0.681. The summed E-state index contributed by atoms with van der Waals surface area (Å²) in [6.07, 6.45) is 0.930. The van der Waals surface area contributed by atoms with Gasteiger partial charge in [-0.25, -0.2) is 8.42 Å². The molecule has 0 radical (unpaired) electrons. The fourth-order valence-corrected chi connectivity index (χ4v) is 5.04. The molecule has 3 rings (SSSR count). The number of sulfonamides is 1. The summed E-state index contributed by atoms with van der Waals surface area (Å²) in [7, 11) is -3.81. The normalized spacial score (nSPS) is 16.9. The van der Waals surface area contributed by atoms with Crippen molar-refractivity contribution in [2.24, 2.45) is 0 Å². The molecule has 7 nitrogen and oxygen atoms in total. The van der Waals surface area contributed by atoms with Crippen molar-refractivity contribution < 1.29 is 22.7 Å². The third-order valence-corrected chi connectivity index (χ3v) is 7.11. The van der Waals surface area contributed by atoms with Crippen molar-refractivity contribution in [3.05, 3.63) is 65.2 Å². The molecule has 0 spiro atoms. The van der Waals surface area contributed by atoms with Gasteiger partial charge in [-0.15, -0.1) is 0 Å². The second kappa shape index (κ2) is 9.40. The van der Waals surface area contributed by atoms with Crippen molar-refractivity contribution in [1.29, 1.82) is 0 Å². The van der Waals surface area contributed by atoms with E-state index < -0.39 is 34.5 Å². The molecule has 0 unspecified atom stereocenters. The van der Waals surface area contributed by atoms with Crippen LogP contribution in [0.5, 0.6) is 0 Å². The Morgan fingerprint density at radius 2 is 1.80 bits per heavy atom. The van der Waals surface area contributed by atoms with Crippen molar-refractivity contribution in [3.8, 4) is 0 Å². The van der Waals surface area contributed by atoms with Crippen LogP contribution in [0.1, 0.15) is 29.5 Å². The molecule has 0 bridgehead atoms. The largest absolute Gasteiger partial charge is 0.454 e. The first-order valence-electron chi connectivity index (χ1n) is 9.85. The van der Waals surface area contributed by atoms with Crippen molar-refractivity contribution in [3.63, 3.8) is 0 Å². The minimum atomic E-state index is -3.81. The topological polar surface area (TPSA) is 92.8 Å². The Labute approximate surface area is 177 Å². The number of carbonyl (C=O) groups is 2. The number of aryl methyl sites for hydroxylation is 2. The summed E-state index contributed by atoms with van der Waals surface area (Å²) >= 11 is 0. The highest BCUT2D eigenvalue weighted by atomic mass is 32.2. The lowest BCUT2D eigenvalue weighted by Gasteiger charge is -2.22. The van der Waals surface area contributed by atoms with E-state index in [-0.39, 0.29) is 11.4 Å². The number of esters is 1. The van der Waals surface area contributed by atoms with Gasteiger partial charge in [0.05, 0.1) is 4.90 Å². The molecule has 2 aromatic carbocycles. The fraction of sp³-hybridized carbons (Fsp3) is 0.364. The smallest absolute Gasteiger partial charge is 0.324 e. The van der Waals surface area contributed by atoms with Crippen molar-refractivity contribution in [1.82, 2.24) is 9.62 Å². The van der Waals surface area contributed by atoms with E-state index in [0.717, 1.165) is 16.7 Å². The Morgan fingerprint density at radius 1 is 1.10 bits per heavy atom. The lowest BCUT2D eigenvalue weighted by atomic mass is 10.1. The maximum atomic E-state index is 12.9. The first kappa shape index (κ1) is 22.0. The van der Waals surface area contributed by atoms with E-state index in [4.69, 9.17) is 4.74 Å². The zero-order chi connectivity index (χ0) is 21.7. The third kappa shape index (κ3) is 5.06. The molecule has 0 aromatic heterocycles. The maximum absolute atomic E-state index is 12.9. The van der Waals surface area contributed by atoms with Gasteiger partial charge in [0.15, 0.2) is 6.61 Å². The first-order valence-corrected chi connectivity index (χ1v) is 11.3. The minimum Gasteiger partial charge on any atom is -0.454 e. The molecule has 1 amide bonds. The van der Waals surface area contributed by atoms with Crippen molar-refractivity contribution in [2.45, 2.75) is 44.2 Å². The van der Waals surface area contributed by atoms with Crippen LogP contribution in [0.3, 0.4) is 0 Å². The first-order chi connectivity index (χ1) is 14.3. The summed E-state index contributed by atoms with van der Waals surface area (Å²) in [5, 5.41) is 2.71. The van der Waals surface area contributed by atoms with Crippen LogP contribution in [-0.4, -0.2) is 43.8 Å². The molecule has 1 heterocycles. The summed E-state index contributed by atoms with van der Waals surface area (Å²) in [5.41, 5.74) is 2.98. The Kier molecular flexibility index (Phi) is 6.89. The molecule has 1 fully saturated rings. The number of rotatable bonds is 7. The predicted molar refractivity (Wildman–Crippen MR) is 112 cm³/mol. The average molecular weight is 431 g/mol. The summed E-state index contributed by atoms with van der Waals surface area (Å²) < 4.78 is 32.2. The average Bonchev–Trinajstić information content (AvgIpc) is 3.23. The van der Waals surface area contributed by atoms with Crippen LogP contribution >= 0.6 is 0 Å². The van der Waals surface area contributed by atoms with E-state index in [9.17, 15) is 18.0 Å². The number of carbonyl (C=O) groups excluding carboxylic acids is 2. The van der Waals surface area contributed by atoms with Crippen LogP contribution in [0.4, 0.5) is 0 Å². The van der Waals surface area contributed by atoms with Crippen LogP contribution in [-0.2, 0) is 30.9 Å². The Bertz CT molecular complexity index is 1020. The fourth-order valence-electron chi connectivity index (χ4n) is 3.40. The Hall–Kier alpha value is -2.71. The molecule has 1 saturated heterocycles. The molecule has 0 saturated carbocycles. The van der Waals surface area contributed by atoms with E-state index in [2.05, 4.69) is 5.32 Å². The van der Waals surface area contributed by atoms with Crippen LogP contribution < -0.4 is 5.32 Å². The van der Waals surface area contributed by atoms with Crippen LogP contribution in [0.25, 0.3) is 0 Å². The number of hydrogen-bond donors (Lipinski definition) is 1. The van der Waals surface area contributed by atoms with Gasteiger partial charge >= 0.3 is 5.97 Å². The molecule has 1 aliphatic rings. The number of nitrogens with one attached hydrogen (secondary N) is 1. The highest BCUT2D eigenvalue weighted by molar-refractivity contribution is 7.89. The molecule has 8 heteroatoms. The van der Waals surface area contributed by atoms with Crippen LogP contribution in [0.15, 0.2) is 53.4 Å². The Balaban J connectivity index is 1.57. The number of nitrogens with zero attached hydrogens (tertiary/aromatic N) is 1. The lowest BCUT2D eigenvalue weighted by molar-refractivity contribution is -0.151. The molecule has 1 atom stereocenters. The lowest BCUT2D eigenvalue weighted by Crippen LogP contribution is -2.42. The van der Waals surface area contributed by atoms with Gasteiger partial charge in [0.1, 0.15) is 6.04 Å². The standard InChI is InChI=1S/C22H26N2O5S/c1-16-9-11-19(12-10-16)30(27,28)24-13-5-8-20(24)22(26)29-15-21(25)23-14-18-7-4-3-6-17(18)2/h3-4,6-7,9-12,20H,5,8,13-15H2,1-2H3,(H,23,25)/t20-/m0/s1. The SMILES string of the molecule is Cc1ccc(S(=O)(=O)N2CCC[C@H]2C(=O)OCC(=O)NCc2ccccc2C)cc1. The third-order valence-electron chi connectivity index (χ3n) is 5.19. The highest BCUT2D eigenvalue weighted by Gasteiger charge is 2.40. The van der Waals surface area contributed by atoms with Crippen LogP contribution in [0, 0.1) is 13.8 Å². The summed E-state index contributed by atoms with van der Waals surface area (Å²) in [4.78, 5) is 24.7. The van der Waals surface area contributed by atoms with Gasteiger partial charge in [-0.1, -0.05) is 42.0 Å². The summed E-state index contributed by atoms with van der Waals surface area (Å²) in [6, 6.07) is 13.2. The van der Waals surface area contributed by atoms with E-state index in [1.54, 1.807) is 12.1 Å². The van der Waals surface area contributed by atoms with Gasteiger partial charge in [-0.3, -0.25) is 9.59 Å². The molecular formula is C22H26N2O5S. The molecule has 1 N–H and O–H groups in total. The second-order valence-corrected chi connectivity index (χ2v) is 9.29.